The van der Waals surface area contributed by atoms with E-state index in [1.165, 1.54) is 27.2 Å². The van der Waals surface area contributed by atoms with Crippen LogP contribution in [0.3, 0.4) is 0 Å². The maximum atomic E-state index is 13.7. The first kappa shape index (κ1) is 16.5. The average Bonchev–Trinajstić information content (AvgIpc) is 3.30. The normalized spacial score (nSPS) is 35.1. The van der Waals surface area contributed by atoms with E-state index < -0.39 is 5.41 Å². The van der Waals surface area contributed by atoms with Gasteiger partial charge in [0.25, 0.3) is 0 Å². The van der Waals surface area contributed by atoms with E-state index in [2.05, 4.69) is 24.3 Å². The van der Waals surface area contributed by atoms with E-state index in [0.717, 1.165) is 19.4 Å². The van der Waals surface area contributed by atoms with Crippen LogP contribution in [0.15, 0.2) is 48.5 Å². The molecule has 2 saturated heterocycles. The van der Waals surface area contributed by atoms with Gasteiger partial charge in [-0.1, -0.05) is 48.5 Å². The lowest BCUT2D eigenvalue weighted by Gasteiger charge is -2.51. The van der Waals surface area contributed by atoms with Crippen molar-refractivity contribution in [2.45, 2.75) is 37.7 Å². The second-order valence-electron chi connectivity index (χ2n) is 8.82. The molecule has 0 spiro atoms. The fourth-order valence-electron chi connectivity index (χ4n) is 6.36. The Morgan fingerprint density at radius 1 is 1.00 bits per heavy atom. The maximum absolute atomic E-state index is 13.7. The minimum absolute atomic E-state index is 0.0120. The highest BCUT2D eigenvalue weighted by Gasteiger charge is 2.68. The van der Waals surface area contributed by atoms with Crippen LogP contribution in [0.25, 0.3) is 0 Å². The number of likely N-dealkylation sites (tertiary alicyclic amines) is 1. The van der Waals surface area contributed by atoms with Crippen molar-refractivity contribution < 1.29 is 14.3 Å². The van der Waals surface area contributed by atoms with E-state index >= 15 is 0 Å². The van der Waals surface area contributed by atoms with Crippen molar-refractivity contribution in [1.29, 1.82) is 0 Å². The lowest BCUT2D eigenvalue weighted by Crippen LogP contribution is -2.49. The molecule has 2 amide bonds. The minimum atomic E-state index is -0.719. The van der Waals surface area contributed by atoms with Crippen LogP contribution in [0, 0.1) is 11.3 Å². The molecular formula is C24H23NO3. The molecule has 2 heterocycles. The van der Waals surface area contributed by atoms with Gasteiger partial charge in [-0.25, -0.2) is 0 Å². The molecule has 2 aliphatic heterocycles. The fraction of sp³-hybridized carbons (Fsp3) is 0.417. The summed E-state index contributed by atoms with van der Waals surface area (Å²) in [6.45, 7) is 3.15. The molecule has 0 N–H and O–H groups in total. The smallest absolute Gasteiger partial charge is 0.237 e. The Kier molecular flexibility index (Phi) is 3.26. The molecule has 2 fully saturated rings. The van der Waals surface area contributed by atoms with Crippen LogP contribution >= 0.6 is 0 Å². The van der Waals surface area contributed by atoms with Crippen LogP contribution < -0.4 is 0 Å². The number of carbonyl (C=O) groups excluding carboxylic acids is 2. The predicted molar refractivity (Wildman–Crippen MR) is 104 cm³/mol. The van der Waals surface area contributed by atoms with Gasteiger partial charge >= 0.3 is 0 Å². The molecule has 4 heteroatoms. The summed E-state index contributed by atoms with van der Waals surface area (Å²) in [4.78, 5) is 28.8. The highest BCUT2D eigenvalue weighted by atomic mass is 16.5. The molecular weight excluding hydrogens is 350 g/mol. The molecule has 2 bridgehead atoms. The Bertz CT molecular complexity index is 961. The average molecular weight is 373 g/mol. The van der Waals surface area contributed by atoms with Crippen molar-refractivity contribution in [2.24, 2.45) is 11.3 Å². The first-order valence-corrected chi connectivity index (χ1v) is 10.3. The van der Waals surface area contributed by atoms with E-state index in [4.69, 9.17) is 4.74 Å². The van der Waals surface area contributed by atoms with Crippen molar-refractivity contribution in [1.82, 2.24) is 4.90 Å². The van der Waals surface area contributed by atoms with Gasteiger partial charge in [0, 0.05) is 18.4 Å². The van der Waals surface area contributed by atoms with Gasteiger partial charge in [-0.3, -0.25) is 14.5 Å². The number of carbonyl (C=O) groups is 2. The van der Waals surface area contributed by atoms with Crippen LogP contribution in [0.5, 0.6) is 0 Å². The van der Waals surface area contributed by atoms with E-state index in [-0.39, 0.29) is 35.7 Å². The van der Waals surface area contributed by atoms with Gasteiger partial charge < -0.3 is 4.74 Å². The van der Waals surface area contributed by atoms with Crippen molar-refractivity contribution in [2.75, 3.05) is 13.2 Å². The summed E-state index contributed by atoms with van der Waals surface area (Å²) in [5, 5.41) is 0. The minimum Gasteiger partial charge on any atom is -0.376 e. The van der Waals surface area contributed by atoms with Crippen molar-refractivity contribution in [3.05, 3.63) is 70.8 Å². The number of hydrogen-bond acceptors (Lipinski definition) is 3. The van der Waals surface area contributed by atoms with Crippen molar-refractivity contribution in [3.8, 4) is 0 Å². The molecule has 3 aliphatic carbocycles. The van der Waals surface area contributed by atoms with Gasteiger partial charge in [-0.05, 0) is 42.0 Å². The molecule has 2 aromatic carbocycles. The third kappa shape index (κ3) is 1.84. The third-order valence-electron chi connectivity index (χ3n) is 7.51. The molecule has 4 nitrogen and oxygen atoms in total. The molecule has 0 saturated carbocycles. The fourth-order valence-corrected chi connectivity index (χ4v) is 6.36. The number of rotatable bonds is 2. The summed E-state index contributed by atoms with van der Waals surface area (Å²) in [5.41, 5.74) is 4.14. The quantitative estimate of drug-likeness (QED) is 0.758. The lowest BCUT2D eigenvalue weighted by atomic mass is 9.48. The molecule has 28 heavy (non-hydrogen) atoms. The highest BCUT2D eigenvalue weighted by molar-refractivity contribution is 6.10. The van der Waals surface area contributed by atoms with Crippen molar-refractivity contribution >= 4 is 11.8 Å². The van der Waals surface area contributed by atoms with E-state index in [1.54, 1.807) is 0 Å². The Balaban J connectivity index is 1.53. The summed E-state index contributed by atoms with van der Waals surface area (Å²) in [6.07, 6.45) is 1.91. The van der Waals surface area contributed by atoms with Gasteiger partial charge in [0.15, 0.2) is 0 Å². The van der Waals surface area contributed by atoms with E-state index in [0.29, 0.717) is 6.54 Å². The summed E-state index contributed by atoms with van der Waals surface area (Å²) >= 11 is 0. The summed E-state index contributed by atoms with van der Waals surface area (Å²) in [6, 6.07) is 16.8. The zero-order chi connectivity index (χ0) is 19.0. The number of amides is 2. The first-order chi connectivity index (χ1) is 13.6. The second-order valence-corrected chi connectivity index (χ2v) is 8.82. The van der Waals surface area contributed by atoms with Gasteiger partial charge in [-0.2, -0.15) is 0 Å². The number of imide groups is 1. The first-order valence-electron chi connectivity index (χ1n) is 10.3. The monoisotopic (exact) mass is 373 g/mol. The van der Waals surface area contributed by atoms with Gasteiger partial charge in [0.2, 0.25) is 11.8 Å². The zero-order valence-corrected chi connectivity index (χ0v) is 15.9. The maximum Gasteiger partial charge on any atom is 0.237 e. The molecule has 7 rings (SSSR count). The number of nitrogens with zero attached hydrogens (tertiary/aromatic N) is 1. The van der Waals surface area contributed by atoms with Crippen molar-refractivity contribution in [3.63, 3.8) is 0 Å². The number of ether oxygens (including phenoxy) is 1. The largest absolute Gasteiger partial charge is 0.376 e. The second kappa shape index (κ2) is 5.54. The van der Waals surface area contributed by atoms with E-state index in [9.17, 15) is 9.59 Å². The molecule has 0 radical (unpaired) electrons. The Labute approximate surface area is 164 Å². The molecule has 0 unspecified atom stereocenters. The molecule has 0 aromatic heterocycles. The van der Waals surface area contributed by atoms with Crippen LogP contribution in [-0.2, 0) is 14.3 Å². The highest BCUT2D eigenvalue weighted by Crippen LogP contribution is 2.66. The number of hydrogen-bond donors (Lipinski definition) is 0. The molecule has 5 aliphatic rings. The number of benzene rings is 2. The summed E-state index contributed by atoms with van der Waals surface area (Å²) < 4.78 is 5.74. The molecule has 142 valence electrons. The molecule has 3 atom stereocenters. The third-order valence-corrected chi connectivity index (χ3v) is 7.51. The lowest BCUT2D eigenvalue weighted by molar-refractivity contribution is -0.143. The van der Waals surface area contributed by atoms with Gasteiger partial charge in [0.05, 0.1) is 24.0 Å². The van der Waals surface area contributed by atoms with Crippen LogP contribution in [-0.4, -0.2) is 36.0 Å². The Morgan fingerprint density at radius 3 is 2.18 bits per heavy atom. The van der Waals surface area contributed by atoms with Gasteiger partial charge in [-0.15, -0.1) is 0 Å². The van der Waals surface area contributed by atoms with Crippen LogP contribution in [0.4, 0.5) is 0 Å². The predicted octanol–water partition coefficient (Wildman–Crippen LogP) is 3.45. The standard InChI is InChI=1S/C24H23NO3/c1-24-20-17-10-4-2-8-15(17)19(16-9-3-5-11-18(16)20)21(24)22(26)25(23(24)27)13-14-7-6-12-28-14/h2-5,8-11,14,19-21H,6-7,12-13H2,1H3/t14-,19?,20?,21+,24+/m1/s1. The zero-order valence-electron chi connectivity index (χ0n) is 15.9. The topological polar surface area (TPSA) is 46.6 Å². The van der Waals surface area contributed by atoms with Gasteiger partial charge in [0.1, 0.15) is 0 Å². The SMILES string of the molecule is C[C@@]12C(=O)N(C[C@H]3CCCO3)C(=O)[C@@H]1C1c3ccccc3C2c2ccccc21. The van der Waals surface area contributed by atoms with E-state index in [1.807, 2.05) is 31.2 Å². The van der Waals surface area contributed by atoms with Crippen LogP contribution in [0.1, 0.15) is 53.9 Å². The summed E-state index contributed by atoms with van der Waals surface area (Å²) in [5.74, 6) is -0.468. The molecule has 2 aromatic rings. The Hall–Kier alpha value is -2.46. The van der Waals surface area contributed by atoms with Crippen LogP contribution in [0.2, 0.25) is 0 Å². The summed E-state index contributed by atoms with van der Waals surface area (Å²) in [7, 11) is 0. The Morgan fingerprint density at radius 2 is 1.61 bits per heavy atom.